The van der Waals surface area contributed by atoms with Crippen LogP contribution in [0, 0.1) is 13.8 Å². The summed E-state index contributed by atoms with van der Waals surface area (Å²) in [5.41, 5.74) is 5.80. The maximum absolute atomic E-state index is 12.3. The van der Waals surface area contributed by atoms with E-state index in [-0.39, 0.29) is 5.91 Å². The lowest BCUT2D eigenvalue weighted by Gasteiger charge is -2.11. The highest BCUT2D eigenvalue weighted by atomic mass is 16.5. The van der Waals surface area contributed by atoms with Crippen molar-refractivity contribution in [3.05, 3.63) is 89.2 Å². The number of rotatable bonds is 15. The van der Waals surface area contributed by atoms with Gasteiger partial charge in [0.05, 0.1) is 31.2 Å². The summed E-state index contributed by atoms with van der Waals surface area (Å²) in [6.07, 6.45) is 6.43. The van der Waals surface area contributed by atoms with Crippen molar-refractivity contribution in [3.63, 3.8) is 0 Å². The monoisotopic (exact) mass is 527 g/mol. The van der Waals surface area contributed by atoms with Crippen LogP contribution in [0.4, 0.5) is 0 Å². The minimum absolute atomic E-state index is 0.0588. The van der Waals surface area contributed by atoms with Crippen LogP contribution in [0.25, 0.3) is 11.0 Å². The molecule has 3 aromatic carbocycles. The molecule has 0 radical (unpaired) electrons. The average molecular weight is 528 g/mol. The van der Waals surface area contributed by atoms with Crippen molar-refractivity contribution in [2.24, 2.45) is 0 Å². The Morgan fingerprint density at radius 2 is 1.67 bits per heavy atom. The number of imidazole rings is 1. The maximum atomic E-state index is 12.3. The van der Waals surface area contributed by atoms with E-state index < -0.39 is 0 Å². The van der Waals surface area contributed by atoms with E-state index in [0.29, 0.717) is 19.6 Å². The number of fused-ring (bicyclic) bond motifs is 1. The third-order valence-electron chi connectivity index (χ3n) is 7.18. The highest BCUT2D eigenvalue weighted by Gasteiger charge is 2.10. The van der Waals surface area contributed by atoms with Gasteiger partial charge in [0, 0.05) is 19.5 Å². The van der Waals surface area contributed by atoms with E-state index in [0.717, 1.165) is 73.5 Å². The van der Waals surface area contributed by atoms with Gasteiger partial charge in [0.15, 0.2) is 0 Å². The Bertz CT molecular complexity index is 1340. The molecule has 206 valence electrons. The summed E-state index contributed by atoms with van der Waals surface area (Å²) < 4.78 is 13.5. The van der Waals surface area contributed by atoms with Crippen LogP contribution in [-0.2, 0) is 24.2 Å². The molecule has 1 N–H and O–H groups in total. The van der Waals surface area contributed by atoms with Gasteiger partial charge < -0.3 is 19.4 Å². The van der Waals surface area contributed by atoms with Gasteiger partial charge in [-0.05, 0) is 92.6 Å². The van der Waals surface area contributed by atoms with Gasteiger partial charge in [-0.25, -0.2) is 4.98 Å². The second-order valence-electron chi connectivity index (χ2n) is 10.2. The maximum Gasteiger partial charge on any atom is 0.224 e. The van der Waals surface area contributed by atoms with Gasteiger partial charge in [0.25, 0.3) is 0 Å². The molecule has 39 heavy (non-hydrogen) atoms. The molecule has 1 amide bonds. The SMILES string of the molecule is COc1ccc(CC(=O)NCCCCCc2nc3ccccc3n2CCCCOc2ccc(C)c(C)c2)cc1. The van der Waals surface area contributed by atoms with E-state index in [2.05, 4.69) is 66.2 Å². The predicted molar refractivity (Wildman–Crippen MR) is 158 cm³/mol. The first-order valence-electron chi connectivity index (χ1n) is 14.1. The van der Waals surface area contributed by atoms with Crippen LogP contribution in [0.5, 0.6) is 11.5 Å². The highest BCUT2D eigenvalue weighted by molar-refractivity contribution is 5.78. The zero-order chi connectivity index (χ0) is 27.5. The molecule has 6 nitrogen and oxygen atoms in total. The minimum Gasteiger partial charge on any atom is -0.497 e. The number of para-hydroxylation sites is 2. The van der Waals surface area contributed by atoms with Gasteiger partial charge in [0.2, 0.25) is 5.91 Å². The van der Waals surface area contributed by atoms with E-state index in [1.807, 2.05) is 24.3 Å². The van der Waals surface area contributed by atoms with E-state index in [4.69, 9.17) is 14.5 Å². The van der Waals surface area contributed by atoms with Crippen molar-refractivity contribution >= 4 is 16.9 Å². The van der Waals surface area contributed by atoms with Crippen LogP contribution in [0.1, 0.15) is 54.6 Å². The number of nitrogens with zero attached hydrogens (tertiary/aromatic N) is 2. The van der Waals surface area contributed by atoms with Crippen LogP contribution in [0.15, 0.2) is 66.7 Å². The fourth-order valence-electron chi connectivity index (χ4n) is 4.74. The second-order valence-corrected chi connectivity index (χ2v) is 10.2. The lowest BCUT2D eigenvalue weighted by molar-refractivity contribution is -0.120. The number of ether oxygens (including phenoxy) is 2. The first-order chi connectivity index (χ1) is 19.0. The summed E-state index contributed by atoms with van der Waals surface area (Å²) in [7, 11) is 1.64. The van der Waals surface area contributed by atoms with Gasteiger partial charge >= 0.3 is 0 Å². The number of hydrogen-bond acceptors (Lipinski definition) is 4. The molecule has 0 atom stereocenters. The van der Waals surface area contributed by atoms with E-state index in [1.165, 1.54) is 16.6 Å². The van der Waals surface area contributed by atoms with Crippen LogP contribution in [0.3, 0.4) is 0 Å². The van der Waals surface area contributed by atoms with Crippen molar-refractivity contribution in [1.82, 2.24) is 14.9 Å². The molecule has 6 heteroatoms. The summed E-state index contributed by atoms with van der Waals surface area (Å²) in [4.78, 5) is 17.2. The van der Waals surface area contributed by atoms with Crippen molar-refractivity contribution in [2.45, 2.75) is 65.3 Å². The predicted octanol–water partition coefficient (Wildman–Crippen LogP) is 6.59. The second kappa shape index (κ2) is 14.4. The molecule has 0 aliphatic carbocycles. The molecule has 0 unspecified atom stereocenters. The molecule has 0 saturated carbocycles. The Morgan fingerprint density at radius 1 is 0.872 bits per heavy atom. The number of carbonyl (C=O) groups is 1. The van der Waals surface area contributed by atoms with Gasteiger partial charge in [-0.2, -0.15) is 0 Å². The number of aryl methyl sites for hydroxylation is 4. The largest absolute Gasteiger partial charge is 0.497 e. The Balaban J connectivity index is 1.18. The van der Waals surface area contributed by atoms with Gasteiger partial charge in [-0.15, -0.1) is 0 Å². The quantitative estimate of drug-likeness (QED) is 0.177. The summed E-state index contributed by atoms with van der Waals surface area (Å²) in [5, 5.41) is 3.05. The topological polar surface area (TPSA) is 65.4 Å². The Kier molecular flexibility index (Phi) is 10.4. The number of hydrogen-bond donors (Lipinski definition) is 1. The van der Waals surface area contributed by atoms with Crippen molar-refractivity contribution < 1.29 is 14.3 Å². The lowest BCUT2D eigenvalue weighted by atomic mass is 10.1. The van der Waals surface area contributed by atoms with Gasteiger partial charge in [-0.3, -0.25) is 4.79 Å². The molecule has 0 aliphatic heterocycles. The molecule has 0 spiro atoms. The molecule has 1 aromatic heterocycles. The zero-order valence-corrected chi connectivity index (χ0v) is 23.5. The van der Waals surface area contributed by atoms with Crippen LogP contribution < -0.4 is 14.8 Å². The molecule has 4 aromatic rings. The van der Waals surface area contributed by atoms with Crippen molar-refractivity contribution in [3.8, 4) is 11.5 Å². The zero-order valence-electron chi connectivity index (χ0n) is 23.5. The fraction of sp³-hybridized carbons (Fsp3) is 0.394. The summed E-state index contributed by atoms with van der Waals surface area (Å²) in [5.74, 6) is 2.96. The van der Waals surface area contributed by atoms with Crippen LogP contribution in [0.2, 0.25) is 0 Å². The molecule has 1 heterocycles. The number of benzene rings is 3. The molecule has 0 aliphatic rings. The lowest BCUT2D eigenvalue weighted by Crippen LogP contribution is -2.26. The number of carbonyl (C=O) groups excluding carboxylic acids is 1. The molecular formula is C33H41N3O3. The number of nitrogens with one attached hydrogen (secondary N) is 1. The Morgan fingerprint density at radius 3 is 2.46 bits per heavy atom. The number of unbranched alkanes of at least 4 members (excludes halogenated alkanes) is 3. The summed E-state index contributed by atoms with van der Waals surface area (Å²) in [6, 6.07) is 22.3. The third kappa shape index (κ3) is 8.34. The summed E-state index contributed by atoms with van der Waals surface area (Å²) in [6.45, 7) is 6.59. The van der Waals surface area contributed by atoms with E-state index in [9.17, 15) is 4.79 Å². The molecule has 0 bridgehead atoms. The fourth-order valence-corrected chi connectivity index (χ4v) is 4.74. The Hall–Kier alpha value is -3.80. The van der Waals surface area contributed by atoms with Gasteiger partial charge in [-0.1, -0.05) is 36.8 Å². The van der Waals surface area contributed by atoms with E-state index in [1.54, 1.807) is 7.11 Å². The first-order valence-corrected chi connectivity index (χ1v) is 14.1. The highest BCUT2D eigenvalue weighted by Crippen LogP contribution is 2.20. The first kappa shape index (κ1) is 28.2. The van der Waals surface area contributed by atoms with Crippen molar-refractivity contribution in [1.29, 1.82) is 0 Å². The van der Waals surface area contributed by atoms with Crippen LogP contribution >= 0.6 is 0 Å². The third-order valence-corrected chi connectivity index (χ3v) is 7.18. The number of aromatic nitrogens is 2. The molecule has 0 saturated heterocycles. The van der Waals surface area contributed by atoms with E-state index >= 15 is 0 Å². The average Bonchev–Trinajstić information content (AvgIpc) is 3.30. The molecule has 0 fully saturated rings. The minimum atomic E-state index is 0.0588. The number of amides is 1. The molecular weight excluding hydrogens is 486 g/mol. The Labute approximate surface area is 232 Å². The summed E-state index contributed by atoms with van der Waals surface area (Å²) >= 11 is 0. The van der Waals surface area contributed by atoms with Crippen molar-refractivity contribution in [2.75, 3.05) is 20.3 Å². The standard InChI is InChI=1S/C33H41N3O3/c1-25-14-17-29(23-26(25)2)39-22-10-9-21-36-31-12-7-6-11-30(31)35-32(36)13-5-4-8-20-34-33(37)24-27-15-18-28(38-3)19-16-27/h6-7,11-12,14-19,23H,4-5,8-10,13,20-22,24H2,1-3H3,(H,34,37). The van der Waals surface area contributed by atoms with Crippen LogP contribution in [-0.4, -0.2) is 35.7 Å². The smallest absolute Gasteiger partial charge is 0.224 e. The van der Waals surface area contributed by atoms with Gasteiger partial charge in [0.1, 0.15) is 17.3 Å². The number of methoxy groups -OCH3 is 1. The normalized spacial score (nSPS) is 11.1. The molecule has 4 rings (SSSR count).